The Bertz CT molecular complexity index is 1400. The molecular weight excluding hydrogens is 491 g/mol. The summed E-state index contributed by atoms with van der Waals surface area (Å²) in [4.78, 5) is 37.1. The van der Waals surface area contributed by atoms with Crippen molar-refractivity contribution in [2.75, 3.05) is 20.3 Å². The van der Waals surface area contributed by atoms with Crippen molar-refractivity contribution in [3.8, 4) is 22.9 Å². The summed E-state index contributed by atoms with van der Waals surface area (Å²) < 4.78 is 25.2. The molecule has 10 nitrogen and oxygen atoms in total. The lowest BCUT2D eigenvalue weighted by Crippen LogP contribution is -2.51. The number of methoxy groups -OCH3 is 1. The molecule has 2 atom stereocenters. The molecule has 1 spiro atoms. The Hall–Kier alpha value is -4.02. The Balaban J connectivity index is 1.14. The molecule has 38 heavy (non-hydrogen) atoms. The monoisotopic (exact) mass is 520 g/mol. The van der Waals surface area contributed by atoms with E-state index in [0.717, 1.165) is 36.2 Å². The third kappa shape index (κ3) is 4.35. The van der Waals surface area contributed by atoms with Crippen molar-refractivity contribution in [3.63, 3.8) is 0 Å². The van der Waals surface area contributed by atoms with Crippen molar-refractivity contribution < 1.29 is 23.5 Å². The summed E-state index contributed by atoms with van der Waals surface area (Å²) in [7, 11) is 1.45. The third-order valence-electron chi connectivity index (χ3n) is 7.80. The average Bonchev–Trinajstić information content (AvgIpc) is 3.50. The van der Waals surface area contributed by atoms with Crippen LogP contribution in [0.5, 0.6) is 11.6 Å². The number of fused-ring (bicyclic) bond motifs is 1. The topological polar surface area (TPSA) is 122 Å². The van der Waals surface area contributed by atoms with Crippen LogP contribution in [0.15, 0.2) is 30.5 Å². The number of nitrogens with zero attached hydrogens (tertiary/aromatic N) is 4. The van der Waals surface area contributed by atoms with Gasteiger partial charge in [0, 0.05) is 41.7 Å². The highest BCUT2D eigenvalue weighted by Crippen LogP contribution is 2.50. The van der Waals surface area contributed by atoms with Gasteiger partial charge in [0.05, 0.1) is 31.6 Å². The van der Waals surface area contributed by atoms with Gasteiger partial charge in [0.25, 0.3) is 5.91 Å². The highest BCUT2D eigenvalue weighted by atomic mass is 19.1. The molecule has 6 rings (SSSR count). The van der Waals surface area contributed by atoms with Gasteiger partial charge in [0.1, 0.15) is 17.1 Å². The van der Waals surface area contributed by atoms with Crippen LogP contribution in [0.1, 0.15) is 60.0 Å². The number of likely N-dealkylation sites (tertiary alicyclic amines) is 1. The standard InChI is InChI=1S/C27H29FN6O4/c1-15-3-4-22-24(30-15)19(6-10-38-22)31-25(35)16-5-9-34(27(13-16)7-8-27)26(36)21-12-20(32-33-21)17-11-23(37-2)29-14-18(17)28/h3-4,11-12,14,16,19H,5-10,13H2,1-2H3,(H,31,35)(H,32,33)/t16-,19-/m0/s1. The van der Waals surface area contributed by atoms with Crippen LogP contribution in [0, 0.1) is 18.7 Å². The quantitative estimate of drug-likeness (QED) is 0.529. The maximum absolute atomic E-state index is 14.4. The Morgan fingerprint density at radius 2 is 2.11 bits per heavy atom. The normalized spacial score (nSPS) is 21.4. The molecule has 0 bridgehead atoms. The zero-order chi connectivity index (χ0) is 26.4. The van der Waals surface area contributed by atoms with Crippen molar-refractivity contribution in [1.82, 2.24) is 30.4 Å². The molecule has 198 valence electrons. The first-order chi connectivity index (χ1) is 18.4. The lowest BCUT2D eigenvalue weighted by Gasteiger charge is -2.40. The van der Waals surface area contributed by atoms with E-state index in [1.54, 1.807) is 6.07 Å². The number of nitrogens with one attached hydrogen (secondary N) is 2. The van der Waals surface area contributed by atoms with Crippen molar-refractivity contribution in [2.45, 2.75) is 50.6 Å². The van der Waals surface area contributed by atoms with Gasteiger partial charge in [-0.25, -0.2) is 9.37 Å². The van der Waals surface area contributed by atoms with Gasteiger partial charge in [0.2, 0.25) is 11.8 Å². The van der Waals surface area contributed by atoms with Crippen molar-refractivity contribution in [3.05, 3.63) is 53.4 Å². The zero-order valence-electron chi connectivity index (χ0n) is 21.3. The maximum atomic E-state index is 14.4. The first-order valence-electron chi connectivity index (χ1n) is 12.8. The Morgan fingerprint density at radius 1 is 1.26 bits per heavy atom. The summed E-state index contributed by atoms with van der Waals surface area (Å²) in [6, 6.07) is 6.61. The molecule has 11 heteroatoms. The lowest BCUT2D eigenvalue weighted by atomic mass is 9.87. The first kappa shape index (κ1) is 24.3. The Labute approximate surface area is 218 Å². The van der Waals surface area contributed by atoms with Gasteiger partial charge in [0.15, 0.2) is 5.82 Å². The van der Waals surface area contributed by atoms with Gasteiger partial charge < -0.3 is 19.7 Å². The Kier molecular flexibility index (Phi) is 6.00. The zero-order valence-corrected chi connectivity index (χ0v) is 21.3. The van der Waals surface area contributed by atoms with Gasteiger partial charge in [-0.15, -0.1) is 0 Å². The van der Waals surface area contributed by atoms with Crippen LogP contribution in [0.2, 0.25) is 0 Å². The molecule has 2 fully saturated rings. The molecule has 0 radical (unpaired) electrons. The molecule has 2 aliphatic heterocycles. The minimum Gasteiger partial charge on any atom is -0.491 e. The summed E-state index contributed by atoms with van der Waals surface area (Å²) in [5, 5.41) is 10.1. The minimum atomic E-state index is -0.556. The highest BCUT2D eigenvalue weighted by molar-refractivity contribution is 5.94. The van der Waals surface area contributed by atoms with E-state index in [-0.39, 0.29) is 46.5 Å². The van der Waals surface area contributed by atoms with Gasteiger partial charge >= 0.3 is 0 Å². The smallest absolute Gasteiger partial charge is 0.272 e. The van der Waals surface area contributed by atoms with E-state index in [1.165, 1.54) is 13.2 Å². The fraction of sp³-hybridized carbons (Fsp3) is 0.444. The van der Waals surface area contributed by atoms with Crippen LogP contribution in [-0.2, 0) is 4.79 Å². The number of aromatic nitrogens is 4. The second-order valence-electron chi connectivity index (χ2n) is 10.3. The van der Waals surface area contributed by atoms with Crippen LogP contribution in [0.3, 0.4) is 0 Å². The fourth-order valence-electron chi connectivity index (χ4n) is 5.58. The van der Waals surface area contributed by atoms with Crippen molar-refractivity contribution in [1.29, 1.82) is 0 Å². The first-order valence-corrected chi connectivity index (χ1v) is 12.8. The number of hydrogen-bond donors (Lipinski definition) is 2. The molecule has 3 aliphatic rings. The molecule has 1 saturated heterocycles. The van der Waals surface area contributed by atoms with E-state index in [9.17, 15) is 14.0 Å². The van der Waals surface area contributed by atoms with Gasteiger partial charge in [-0.1, -0.05) is 0 Å². The summed E-state index contributed by atoms with van der Waals surface area (Å²) in [5.41, 5.74) is 2.09. The van der Waals surface area contributed by atoms with Crippen LogP contribution in [0.4, 0.5) is 4.39 Å². The molecule has 5 heterocycles. The number of aromatic amines is 1. The van der Waals surface area contributed by atoms with E-state index in [0.29, 0.717) is 38.1 Å². The number of aryl methyl sites for hydroxylation is 1. The van der Waals surface area contributed by atoms with E-state index in [4.69, 9.17) is 9.47 Å². The summed E-state index contributed by atoms with van der Waals surface area (Å²) in [6.45, 7) is 2.91. The number of ether oxygens (including phenoxy) is 2. The highest BCUT2D eigenvalue weighted by Gasteiger charge is 2.54. The van der Waals surface area contributed by atoms with Crippen LogP contribution in [0.25, 0.3) is 11.3 Å². The summed E-state index contributed by atoms with van der Waals surface area (Å²) in [6.07, 6.45) is 4.60. The molecule has 0 aromatic carbocycles. The second-order valence-corrected chi connectivity index (χ2v) is 10.3. The number of amides is 2. The number of hydrogen-bond acceptors (Lipinski definition) is 7. The van der Waals surface area contributed by atoms with Crippen LogP contribution in [-0.4, -0.2) is 62.7 Å². The van der Waals surface area contributed by atoms with E-state index >= 15 is 0 Å². The van der Waals surface area contributed by atoms with Crippen LogP contribution >= 0.6 is 0 Å². The third-order valence-corrected chi connectivity index (χ3v) is 7.80. The average molecular weight is 521 g/mol. The van der Waals surface area contributed by atoms with Gasteiger partial charge in [-0.3, -0.25) is 19.7 Å². The van der Waals surface area contributed by atoms with E-state index < -0.39 is 5.82 Å². The van der Waals surface area contributed by atoms with Gasteiger partial charge in [-0.05, 0) is 50.8 Å². The van der Waals surface area contributed by atoms with Crippen molar-refractivity contribution >= 4 is 11.8 Å². The molecular formula is C27H29FN6O4. The summed E-state index contributed by atoms with van der Waals surface area (Å²) >= 11 is 0. The predicted molar refractivity (Wildman–Crippen MR) is 134 cm³/mol. The SMILES string of the molecule is COc1cc(-c2cc(C(=O)N3CC[C@H](C(=O)N[C@H]4CCOc5ccc(C)nc54)CC34CC4)[nH]n2)c(F)cn1. The number of carbonyl (C=O) groups is 2. The molecule has 0 unspecified atom stereocenters. The molecule has 1 aliphatic carbocycles. The number of H-pyrrole nitrogens is 1. The Morgan fingerprint density at radius 3 is 2.89 bits per heavy atom. The molecule has 3 aromatic rings. The maximum Gasteiger partial charge on any atom is 0.272 e. The molecule has 3 aromatic heterocycles. The number of carbonyl (C=O) groups excluding carboxylic acids is 2. The molecule has 2 amide bonds. The fourth-order valence-corrected chi connectivity index (χ4v) is 5.58. The van der Waals surface area contributed by atoms with Gasteiger partial charge in [-0.2, -0.15) is 5.10 Å². The predicted octanol–water partition coefficient (Wildman–Crippen LogP) is 3.35. The molecule has 2 N–H and O–H groups in total. The second kappa shape index (κ2) is 9.38. The number of pyridine rings is 2. The number of halogens is 1. The molecule has 1 saturated carbocycles. The number of rotatable bonds is 5. The minimum absolute atomic E-state index is 0.00420. The summed E-state index contributed by atoms with van der Waals surface area (Å²) in [5.74, 6) is 0.0302. The van der Waals surface area contributed by atoms with Crippen molar-refractivity contribution in [2.24, 2.45) is 5.92 Å². The largest absolute Gasteiger partial charge is 0.491 e. The lowest BCUT2D eigenvalue weighted by molar-refractivity contribution is -0.128. The van der Waals surface area contributed by atoms with E-state index in [2.05, 4.69) is 25.5 Å². The van der Waals surface area contributed by atoms with Crippen LogP contribution < -0.4 is 14.8 Å². The van der Waals surface area contributed by atoms with E-state index in [1.807, 2.05) is 24.0 Å². The number of piperidine rings is 1.